The molecule has 0 aliphatic carbocycles. The molecule has 2 unspecified atom stereocenters. The fourth-order valence-corrected chi connectivity index (χ4v) is 4.02. The zero-order chi connectivity index (χ0) is 11.0. The van der Waals surface area contributed by atoms with Crippen LogP contribution < -0.4 is 5.32 Å². The first kappa shape index (κ1) is 10.8. The fraction of sp³-hybridized carbons (Fsp3) is 0.692. The number of rotatable bonds is 3. The Balaban J connectivity index is 1.69. The summed E-state index contributed by atoms with van der Waals surface area (Å²) in [5.41, 5.74) is 1.50. The topological polar surface area (TPSA) is 15.3 Å². The summed E-state index contributed by atoms with van der Waals surface area (Å²) in [6.45, 7) is 1.18. The summed E-state index contributed by atoms with van der Waals surface area (Å²) in [6.07, 6.45) is 5.51. The van der Waals surface area contributed by atoms with Crippen molar-refractivity contribution in [1.82, 2.24) is 10.2 Å². The highest BCUT2D eigenvalue weighted by atomic mass is 32.1. The predicted octanol–water partition coefficient (Wildman–Crippen LogP) is 2.46. The van der Waals surface area contributed by atoms with Crippen LogP contribution in [0.2, 0.25) is 0 Å². The second kappa shape index (κ2) is 4.47. The molecule has 0 radical (unpaired) electrons. The summed E-state index contributed by atoms with van der Waals surface area (Å²) in [4.78, 5) is 2.75. The Morgan fingerprint density at radius 3 is 2.69 bits per heavy atom. The highest BCUT2D eigenvalue weighted by Crippen LogP contribution is 2.36. The molecule has 2 aliphatic heterocycles. The minimum Gasteiger partial charge on any atom is -0.317 e. The van der Waals surface area contributed by atoms with Crippen molar-refractivity contribution < 1.29 is 0 Å². The highest BCUT2D eigenvalue weighted by Gasteiger charge is 2.39. The monoisotopic (exact) mass is 236 g/mol. The Kier molecular flexibility index (Phi) is 3.01. The molecular weight excluding hydrogens is 216 g/mol. The van der Waals surface area contributed by atoms with Crippen molar-refractivity contribution >= 4 is 11.3 Å². The highest BCUT2D eigenvalue weighted by molar-refractivity contribution is 7.07. The number of nitrogens with zero attached hydrogens (tertiary/aromatic N) is 1. The van der Waals surface area contributed by atoms with Gasteiger partial charge in [0.15, 0.2) is 0 Å². The molecule has 3 rings (SSSR count). The van der Waals surface area contributed by atoms with Crippen molar-refractivity contribution in [2.75, 3.05) is 7.05 Å². The van der Waals surface area contributed by atoms with Crippen LogP contribution in [0.25, 0.3) is 0 Å². The molecule has 16 heavy (non-hydrogen) atoms. The standard InChI is InChI=1S/C13H20N2S/c1-14-11-6-12-2-3-13(7-11)15(12)8-10-4-5-16-9-10/h4-5,9,11-14H,2-3,6-8H2,1H3. The molecule has 0 amide bonds. The van der Waals surface area contributed by atoms with Gasteiger partial charge in [-0.05, 0) is 55.1 Å². The van der Waals surface area contributed by atoms with Crippen LogP contribution in [0.15, 0.2) is 16.8 Å². The predicted molar refractivity (Wildman–Crippen MR) is 68.8 cm³/mol. The van der Waals surface area contributed by atoms with E-state index in [1.165, 1.54) is 37.8 Å². The maximum absolute atomic E-state index is 3.46. The SMILES string of the molecule is CNC1CC2CCC(C1)N2Cc1ccsc1. The molecule has 1 N–H and O–H groups in total. The molecule has 2 atom stereocenters. The minimum atomic E-state index is 0.760. The largest absolute Gasteiger partial charge is 0.317 e. The van der Waals surface area contributed by atoms with Gasteiger partial charge in [0.25, 0.3) is 0 Å². The van der Waals surface area contributed by atoms with Gasteiger partial charge in [-0.15, -0.1) is 0 Å². The van der Waals surface area contributed by atoms with E-state index in [2.05, 4.69) is 34.1 Å². The summed E-state index contributed by atoms with van der Waals surface area (Å²) in [5, 5.41) is 7.95. The maximum atomic E-state index is 3.46. The number of thiophene rings is 1. The van der Waals surface area contributed by atoms with Gasteiger partial charge in [-0.1, -0.05) is 0 Å². The van der Waals surface area contributed by atoms with E-state index in [1.807, 2.05) is 11.3 Å². The zero-order valence-corrected chi connectivity index (χ0v) is 10.7. The second-order valence-corrected chi connectivity index (χ2v) is 5.93. The first-order chi connectivity index (χ1) is 7.86. The van der Waals surface area contributed by atoms with Crippen LogP contribution in [0.5, 0.6) is 0 Å². The van der Waals surface area contributed by atoms with E-state index in [9.17, 15) is 0 Å². The lowest BCUT2D eigenvalue weighted by molar-refractivity contribution is 0.112. The third-order valence-corrected chi connectivity index (χ3v) is 4.97. The molecule has 0 aromatic carbocycles. The van der Waals surface area contributed by atoms with Gasteiger partial charge in [0.1, 0.15) is 0 Å². The van der Waals surface area contributed by atoms with E-state index in [-0.39, 0.29) is 0 Å². The first-order valence-corrected chi connectivity index (χ1v) is 7.25. The van der Waals surface area contributed by atoms with Crippen molar-refractivity contribution in [1.29, 1.82) is 0 Å². The van der Waals surface area contributed by atoms with Crippen molar-refractivity contribution in [3.05, 3.63) is 22.4 Å². The summed E-state index contributed by atoms with van der Waals surface area (Å²) in [6, 6.07) is 4.69. The first-order valence-electron chi connectivity index (χ1n) is 6.31. The lowest BCUT2D eigenvalue weighted by atomic mass is 9.97. The molecule has 3 heterocycles. The molecule has 2 nitrogen and oxygen atoms in total. The van der Waals surface area contributed by atoms with Gasteiger partial charge in [0.2, 0.25) is 0 Å². The summed E-state index contributed by atoms with van der Waals surface area (Å²) < 4.78 is 0. The van der Waals surface area contributed by atoms with Crippen molar-refractivity contribution in [3.63, 3.8) is 0 Å². The van der Waals surface area contributed by atoms with Gasteiger partial charge in [-0.25, -0.2) is 0 Å². The second-order valence-electron chi connectivity index (χ2n) is 5.15. The van der Waals surface area contributed by atoms with E-state index >= 15 is 0 Å². The molecule has 0 spiro atoms. The Morgan fingerprint density at radius 1 is 1.38 bits per heavy atom. The number of nitrogens with one attached hydrogen (secondary N) is 1. The lowest BCUT2D eigenvalue weighted by Gasteiger charge is -2.38. The van der Waals surface area contributed by atoms with Crippen molar-refractivity contribution in [2.24, 2.45) is 0 Å². The molecule has 1 aromatic heterocycles. The van der Waals surface area contributed by atoms with E-state index < -0.39 is 0 Å². The molecular formula is C13H20N2S. The number of piperidine rings is 1. The molecule has 88 valence electrons. The van der Waals surface area contributed by atoms with Gasteiger partial charge in [-0.3, -0.25) is 4.90 Å². The summed E-state index contributed by atoms with van der Waals surface area (Å²) in [7, 11) is 2.11. The Morgan fingerprint density at radius 2 is 2.12 bits per heavy atom. The Labute approximate surface area is 102 Å². The Hall–Kier alpha value is -0.380. The smallest absolute Gasteiger partial charge is 0.0247 e. The van der Waals surface area contributed by atoms with Crippen LogP contribution in [0.1, 0.15) is 31.2 Å². The van der Waals surface area contributed by atoms with Gasteiger partial charge in [0.05, 0.1) is 0 Å². The molecule has 2 aliphatic rings. The molecule has 3 heteroatoms. The summed E-state index contributed by atoms with van der Waals surface area (Å²) in [5.74, 6) is 0. The van der Waals surface area contributed by atoms with Crippen molar-refractivity contribution in [2.45, 2.75) is 50.4 Å². The van der Waals surface area contributed by atoms with Crippen LogP contribution in [-0.2, 0) is 6.54 Å². The van der Waals surface area contributed by atoms with Crippen LogP contribution in [-0.4, -0.2) is 30.1 Å². The molecule has 2 bridgehead atoms. The average Bonchev–Trinajstić information content (AvgIpc) is 2.87. The van der Waals surface area contributed by atoms with Gasteiger partial charge in [-0.2, -0.15) is 11.3 Å². The maximum Gasteiger partial charge on any atom is 0.0247 e. The number of fused-ring (bicyclic) bond motifs is 2. The molecule has 2 saturated heterocycles. The molecule has 2 fully saturated rings. The summed E-state index contributed by atoms with van der Waals surface area (Å²) >= 11 is 1.82. The number of hydrogen-bond acceptors (Lipinski definition) is 3. The van der Waals surface area contributed by atoms with Gasteiger partial charge < -0.3 is 5.32 Å². The normalized spacial score (nSPS) is 34.4. The van der Waals surface area contributed by atoms with Crippen molar-refractivity contribution in [3.8, 4) is 0 Å². The molecule has 0 saturated carbocycles. The lowest BCUT2D eigenvalue weighted by Crippen LogP contribution is -2.47. The van der Waals surface area contributed by atoms with Gasteiger partial charge in [0, 0.05) is 24.7 Å². The van der Waals surface area contributed by atoms with E-state index in [0.717, 1.165) is 18.1 Å². The zero-order valence-electron chi connectivity index (χ0n) is 9.86. The van der Waals surface area contributed by atoms with Gasteiger partial charge >= 0.3 is 0 Å². The van der Waals surface area contributed by atoms with Crippen LogP contribution >= 0.6 is 11.3 Å². The van der Waals surface area contributed by atoms with E-state index in [0.29, 0.717) is 0 Å². The van der Waals surface area contributed by atoms with E-state index in [1.54, 1.807) is 0 Å². The average molecular weight is 236 g/mol. The quantitative estimate of drug-likeness (QED) is 0.867. The van der Waals surface area contributed by atoms with Crippen LogP contribution in [0.4, 0.5) is 0 Å². The van der Waals surface area contributed by atoms with Crippen LogP contribution in [0.3, 0.4) is 0 Å². The minimum absolute atomic E-state index is 0.760. The van der Waals surface area contributed by atoms with E-state index in [4.69, 9.17) is 0 Å². The number of hydrogen-bond donors (Lipinski definition) is 1. The third kappa shape index (κ3) is 1.92. The molecule has 1 aromatic rings. The Bertz CT molecular complexity index is 322. The van der Waals surface area contributed by atoms with Crippen LogP contribution in [0, 0.1) is 0 Å². The third-order valence-electron chi connectivity index (χ3n) is 4.24. The fourth-order valence-electron chi connectivity index (χ4n) is 3.36.